The SMILES string of the molecule is COC(=O)c1c(N=O)ccc2c1CC(c1ccc(OC)cc1)O2. The van der Waals surface area contributed by atoms with E-state index in [1.165, 1.54) is 13.2 Å². The molecule has 1 atom stereocenters. The molecule has 1 heterocycles. The number of hydrogen-bond acceptors (Lipinski definition) is 6. The maximum absolute atomic E-state index is 12.0. The van der Waals surface area contributed by atoms with Crippen LogP contribution in [0.15, 0.2) is 41.6 Å². The van der Waals surface area contributed by atoms with Crippen LogP contribution in [0.2, 0.25) is 0 Å². The molecule has 2 aromatic rings. The van der Waals surface area contributed by atoms with Gasteiger partial charge < -0.3 is 14.2 Å². The first-order valence-corrected chi connectivity index (χ1v) is 7.06. The molecule has 0 saturated heterocycles. The second-order valence-electron chi connectivity index (χ2n) is 5.10. The number of benzene rings is 2. The van der Waals surface area contributed by atoms with Gasteiger partial charge in [0.25, 0.3) is 0 Å². The predicted octanol–water partition coefficient (Wildman–Crippen LogP) is 3.56. The zero-order valence-corrected chi connectivity index (χ0v) is 12.7. The maximum atomic E-state index is 12.0. The van der Waals surface area contributed by atoms with Gasteiger partial charge in [0.1, 0.15) is 23.3 Å². The summed E-state index contributed by atoms with van der Waals surface area (Å²) >= 11 is 0. The third-order valence-corrected chi connectivity index (χ3v) is 3.88. The van der Waals surface area contributed by atoms with E-state index in [4.69, 9.17) is 14.2 Å². The number of ether oxygens (including phenoxy) is 3. The van der Waals surface area contributed by atoms with E-state index in [0.717, 1.165) is 11.3 Å². The lowest BCUT2D eigenvalue weighted by atomic mass is 9.98. The fraction of sp³-hybridized carbons (Fsp3) is 0.235. The Morgan fingerprint density at radius 3 is 2.52 bits per heavy atom. The van der Waals surface area contributed by atoms with Crippen LogP contribution in [-0.2, 0) is 11.2 Å². The van der Waals surface area contributed by atoms with Gasteiger partial charge in [-0.25, -0.2) is 4.79 Å². The monoisotopic (exact) mass is 313 g/mol. The van der Waals surface area contributed by atoms with Crippen molar-refractivity contribution in [2.75, 3.05) is 14.2 Å². The van der Waals surface area contributed by atoms with Crippen LogP contribution in [0.25, 0.3) is 0 Å². The Kier molecular flexibility index (Phi) is 3.97. The summed E-state index contributed by atoms with van der Waals surface area (Å²) in [5.74, 6) is 0.737. The lowest BCUT2D eigenvalue weighted by molar-refractivity contribution is 0.0600. The highest BCUT2D eigenvalue weighted by Crippen LogP contribution is 2.42. The van der Waals surface area contributed by atoms with Crippen molar-refractivity contribution in [2.45, 2.75) is 12.5 Å². The van der Waals surface area contributed by atoms with Crippen molar-refractivity contribution < 1.29 is 19.0 Å². The van der Waals surface area contributed by atoms with Gasteiger partial charge in [-0.15, -0.1) is 4.91 Å². The largest absolute Gasteiger partial charge is 0.497 e. The van der Waals surface area contributed by atoms with Crippen molar-refractivity contribution in [3.8, 4) is 11.5 Å². The first-order valence-electron chi connectivity index (χ1n) is 7.06. The van der Waals surface area contributed by atoms with Crippen molar-refractivity contribution in [3.63, 3.8) is 0 Å². The lowest BCUT2D eigenvalue weighted by Crippen LogP contribution is -2.06. The van der Waals surface area contributed by atoms with Crippen molar-refractivity contribution in [1.29, 1.82) is 0 Å². The van der Waals surface area contributed by atoms with Crippen LogP contribution in [0, 0.1) is 4.91 Å². The second-order valence-corrected chi connectivity index (χ2v) is 5.10. The molecular weight excluding hydrogens is 298 g/mol. The Morgan fingerprint density at radius 2 is 1.91 bits per heavy atom. The highest BCUT2D eigenvalue weighted by atomic mass is 16.5. The van der Waals surface area contributed by atoms with Crippen LogP contribution >= 0.6 is 0 Å². The summed E-state index contributed by atoms with van der Waals surface area (Å²) in [7, 11) is 2.88. The minimum Gasteiger partial charge on any atom is -0.497 e. The van der Waals surface area contributed by atoms with E-state index in [2.05, 4.69) is 5.18 Å². The summed E-state index contributed by atoms with van der Waals surface area (Å²) in [6, 6.07) is 10.6. The Balaban J connectivity index is 1.96. The Bertz CT molecular complexity index is 754. The van der Waals surface area contributed by atoms with Crippen molar-refractivity contribution in [3.05, 3.63) is 58.0 Å². The zero-order valence-electron chi connectivity index (χ0n) is 12.7. The summed E-state index contributed by atoms with van der Waals surface area (Å²) in [5.41, 5.74) is 1.85. The van der Waals surface area contributed by atoms with E-state index < -0.39 is 5.97 Å². The summed E-state index contributed by atoms with van der Waals surface area (Å²) < 4.78 is 15.8. The van der Waals surface area contributed by atoms with E-state index in [9.17, 15) is 9.70 Å². The van der Waals surface area contributed by atoms with Gasteiger partial charge in [-0.3, -0.25) is 0 Å². The Hall–Kier alpha value is -2.89. The number of nitrogens with zero attached hydrogens (tertiary/aromatic N) is 1. The molecule has 0 amide bonds. The average molecular weight is 313 g/mol. The molecule has 1 aliphatic rings. The lowest BCUT2D eigenvalue weighted by Gasteiger charge is -2.11. The van der Waals surface area contributed by atoms with E-state index in [1.54, 1.807) is 13.2 Å². The molecule has 1 aliphatic heterocycles. The quantitative estimate of drug-likeness (QED) is 0.637. The number of fused-ring (bicyclic) bond motifs is 1. The second kappa shape index (κ2) is 6.08. The van der Waals surface area contributed by atoms with Gasteiger partial charge in [-0.1, -0.05) is 12.1 Å². The number of carbonyl (C=O) groups excluding carboxylic acids is 1. The summed E-state index contributed by atoms with van der Waals surface area (Å²) in [6.45, 7) is 0. The van der Waals surface area contributed by atoms with Crippen molar-refractivity contribution in [1.82, 2.24) is 0 Å². The van der Waals surface area contributed by atoms with Gasteiger partial charge >= 0.3 is 5.97 Å². The van der Waals surface area contributed by atoms with Crippen molar-refractivity contribution in [2.24, 2.45) is 5.18 Å². The highest BCUT2D eigenvalue weighted by molar-refractivity contribution is 5.97. The molecule has 2 aromatic carbocycles. The molecule has 0 N–H and O–H groups in total. The molecule has 0 fully saturated rings. The minimum absolute atomic E-state index is 0.0644. The number of methoxy groups -OCH3 is 2. The molecule has 118 valence electrons. The summed E-state index contributed by atoms with van der Waals surface area (Å²) in [5, 5.41) is 2.91. The van der Waals surface area contributed by atoms with E-state index in [0.29, 0.717) is 17.7 Å². The minimum atomic E-state index is -0.588. The molecule has 0 aliphatic carbocycles. The van der Waals surface area contributed by atoms with Crippen LogP contribution in [0.4, 0.5) is 5.69 Å². The van der Waals surface area contributed by atoms with Gasteiger partial charge in [0, 0.05) is 12.0 Å². The molecule has 0 spiro atoms. The standard InChI is InChI=1S/C17H15NO5/c1-21-11-5-3-10(4-6-11)15-9-12-14(23-15)8-7-13(18-20)16(12)17(19)22-2/h3-8,15H,9H2,1-2H3. The Labute approximate surface area is 133 Å². The molecule has 1 unspecified atom stereocenters. The van der Waals surface area contributed by atoms with Crippen LogP contribution < -0.4 is 9.47 Å². The molecule has 23 heavy (non-hydrogen) atoms. The predicted molar refractivity (Wildman–Crippen MR) is 83.3 cm³/mol. The molecule has 0 bridgehead atoms. The smallest absolute Gasteiger partial charge is 0.340 e. The molecule has 3 rings (SSSR count). The Morgan fingerprint density at radius 1 is 1.17 bits per heavy atom. The third kappa shape index (κ3) is 2.63. The van der Waals surface area contributed by atoms with Crippen molar-refractivity contribution >= 4 is 11.7 Å². The fourth-order valence-electron chi connectivity index (χ4n) is 2.72. The first-order chi connectivity index (χ1) is 11.2. The normalized spacial score (nSPS) is 15.5. The van der Waals surface area contributed by atoms with Crippen LogP contribution in [0.5, 0.6) is 11.5 Å². The molecular formula is C17H15NO5. The summed E-state index contributed by atoms with van der Waals surface area (Å²) in [6.07, 6.45) is 0.233. The number of carbonyl (C=O) groups is 1. The number of hydrogen-bond donors (Lipinski definition) is 0. The number of rotatable bonds is 4. The van der Waals surface area contributed by atoms with Gasteiger partial charge in [0.15, 0.2) is 0 Å². The molecule has 0 aromatic heterocycles. The van der Waals surface area contributed by atoms with Crippen LogP contribution in [0.1, 0.15) is 27.6 Å². The number of esters is 1. The molecule has 0 saturated carbocycles. The van der Waals surface area contributed by atoms with Gasteiger partial charge in [0.2, 0.25) is 0 Å². The van der Waals surface area contributed by atoms with E-state index >= 15 is 0 Å². The maximum Gasteiger partial charge on any atom is 0.340 e. The van der Waals surface area contributed by atoms with Crippen LogP contribution in [0.3, 0.4) is 0 Å². The third-order valence-electron chi connectivity index (χ3n) is 3.88. The number of nitroso groups, excluding NO2 is 1. The van der Waals surface area contributed by atoms with E-state index in [-0.39, 0.29) is 17.4 Å². The van der Waals surface area contributed by atoms with E-state index in [1.807, 2.05) is 24.3 Å². The fourth-order valence-corrected chi connectivity index (χ4v) is 2.72. The highest BCUT2D eigenvalue weighted by Gasteiger charge is 2.31. The van der Waals surface area contributed by atoms with Gasteiger partial charge in [0.05, 0.1) is 19.8 Å². The topological polar surface area (TPSA) is 74.2 Å². The first kappa shape index (κ1) is 15.0. The molecule has 6 nitrogen and oxygen atoms in total. The summed E-state index contributed by atoms with van der Waals surface area (Å²) in [4.78, 5) is 22.9. The molecule has 0 radical (unpaired) electrons. The van der Waals surface area contributed by atoms with Crippen LogP contribution in [-0.4, -0.2) is 20.2 Å². The molecule has 6 heteroatoms. The average Bonchev–Trinajstić information content (AvgIpc) is 3.04. The zero-order chi connectivity index (χ0) is 16.4. The van der Waals surface area contributed by atoms with Gasteiger partial charge in [-0.05, 0) is 35.0 Å². The van der Waals surface area contributed by atoms with Gasteiger partial charge in [-0.2, -0.15) is 0 Å².